The molecule has 0 aliphatic carbocycles. The van der Waals surface area contributed by atoms with Crippen molar-refractivity contribution in [3.05, 3.63) is 52.0 Å². The summed E-state index contributed by atoms with van der Waals surface area (Å²) in [6, 6.07) is 4.79. The topological polar surface area (TPSA) is 76.4 Å². The van der Waals surface area contributed by atoms with E-state index < -0.39 is 15.9 Å². The first kappa shape index (κ1) is 16.3. The molecule has 1 N–H and O–H groups in total. The fourth-order valence-corrected chi connectivity index (χ4v) is 3.36. The van der Waals surface area contributed by atoms with Crippen LogP contribution in [0.25, 0.3) is 0 Å². The summed E-state index contributed by atoms with van der Waals surface area (Å²) < 4.78 is 32.1. The number of amides is 1. The van der Waals surface area contributed by atoms with E-state index in [4.69, 9.17) is 4.42 Å². The standard InChI is InChI=1S/C16H19NO4S/c1-9-7-14(8-10(2)13(9)5)22(19,20)17-16(18)15-11(3)6-12(4)21-15/h6-8H,1-5H3,(H,17,18). The quantitative estimate of drug-likeness (QED) is 0.943. The molecule has 118 valence electrons. The van der Waals surface area contributed by atoms with Gasteiger partial charge in [0, 0.05) is 5.56 Å². The highest BCUT2D eigenvalue weighted by Crippen LogP contribution is 2.20. The van der Waals surface area contributed by atoms with Crippen LogP contribution >= 0.6 is 0 Å². The Morgan fingerprint density at radius 2 is 1.50 bits per heavy atom. The van der Waals surface area contributed by atoms with E-state index in [1.54, 1.807) is 32.0 Å². The van der Waals surface area contributed by atoms with Crippen molar-refractivity contribution in [2.45, 2.75) is 39.5 Å². The number of carbonyl (C=O) groups is 1. The van der Waals surface area contributed by atoms with Crippen molar-refractivity contribution >= 4 is 15.9 Å². The van der Waals surface area contributed by atoms with Gasteiger partial charge in [0.1, 0.15) is 5.76 Å². The second-order valence-corrected chi connectivity index (χ2v) is 7.17. The number of sulfonamides is 1. The van der Waals surface area contributed by atoms with E-state index in [0.717, 1.165) is 16.7 Å². The van der Waals surface area contributed by atoms with Crippen LogP contribution in [-0.2, 0) is 10.0 Å². The SMILES string of the molecule is Cc1cc(C)c(C(=O)NS(=O)(=O)c2cc(C)c(C)c(C)c2)o1. The Hall–Kier alpha value is -2.08. The van der Waals surface area contributed by atoms with Gasteiger partial charge in [-0.3, -0.25) is 4.79 Å². The lowest BCUT2D eigenvalue weighted by Gasteiger charge is -2.10. The predicted molar refractivity (Wildman–Crippen MR) is 83.5 cm³/mol. The van der Waals surface area contributed by atoms with Gasteiger partial charge in [-0.15, -0.1) is 0 Å². The number of hydrogen-bond donors (Lipinski definition) is 1. The molecule has 1 heterocycles. The Bertz CT molecular complexity index is 824. The van der Waals surface area contributed by atoms with Crippen LogP contribution in [-0.4, -0.2) is 14.3 Å². The minimum Gasteiger partial charge on any atom is -0.456 e. The van der Waals surface area contributed by atoms with Gasteiger partial charge in [-0.05, 0) is 69.5 Å². The first-order valence-corrected chi connectivity index (χ1v) is 8.32. The molecule has 0 unspecified atom stereocenters. The zero-order chi connectivity index (χ0) is 16.7. The van der Waals surface area contributed by atoms with Crippen molar-refractivity contribution in [1.29, 1.82) is 0 Å². The third-order valence-electron chi connectivity index (χ3n) is 3.69. The molecule has 1 aromatic heterocycles. The highest BCUT2D eigenvalue weighted by Gasteiger charge is 2.23. The predicted octanol–water partition coefficient (Wildman–Crippen LogP) is 2.94. The van der Waals surface area contributed by atoms with Gasteiger partial charge in [0.05, 0.1) is 4.90 Å². The normalized spacial score (nSPS) is 11.5. The van der Waals surface area contributed by atoms with Crippen LogP contribution in [0.1, 0.15) is 38.6 Å². The summed E-state index contributed by atoms with van der Waals surface area (Å²) >= 11 is 0. The van der Waals surface area contributed by atoms with E-state index in [0.29, 0.717) is 11.3 Å². The van der Waals surface area contributed by atoms with Crippen LogP contribution < -0.4 is 4.72 Å². The maximum atomic E-state index is 12.4. The Labute approximate surface area is 130 Å². The van der Waals surface area contributed by atoms with Crippen LogP contribution in [0.4, 0.5) is 0 Å². The molecular formula is C16H19NO4S. The molecule has 0 saturated carbocycles. The number of hydrogen-bond acceptors (Lipinski definition) is 4. The summed E-state index contributed by atoms with van der Waals surface area (Å²) in [5.41, 5.74) is 3.35. The van der Waals surface area contributed by atoms with E-state index in [1.807, 2.05) is 20.8 Å². The minimum absolute atomic E-state index is 0.0154. The maximum absolute atomic E-state index is 12.4. The summed E-state index contributed by atoms with van der Waals surface area (Å²) in [7, 11) is -3.94. The molecule has 0 radical (unpaired) electrons. The van der Waals surface area contributed by atoms with Crippen LogP contribution in [0.15, 0.2) is 27.5 Å². The molecule has 0 atom stereocenters. The lowest BCUT2D eigenvalue weighted by Crippen LogP contribution is -2.30. The number of carbonyl (C=O) groups excluding carboxylic acids is 1. The Morgan fingerprint density at radius 1 is 0.955 bits per heavy atom. The van der Waals surface area contributed by atoms with E-state index >= 15 is 0 Å². The summed E-state index contributed by atoms with van der Waals surface area (Å²) in [6.45, 7) is 8.99. The molecule has 0 spiro atoms. The van der Waals surface area contributed by atoms with Crippen LogP contribution in [0.3, 0.4) is 0 Å². The number of aryl methyl sites for hydroxylation is 4. The smallest absolute Gasteiger partial charge is 0.300 e. The van der Waals surface area contributed by atoms with Crippen LogP contribution in [0, 0.1) is 34.6 Å². The highest BCUT2D eigenvalue weighted by atomic mass is 32.2. The molecule has 6 heteroatoms. The lowest BCUT2D eigenvalue weighted by atomic mass is 10.1. The van der Waals surface area contributed by atoms with Gasteiger partial charge >= 0.3 is 5.91 Å². The third kappa shape index (κ3) is 3.06. The average Bonchev–Trinajstić information content (AvgIpc) is 2.74. The van der Waals surface area contributed by atoms with Crippen molar-refractivity contribution in [3.63, 3.8) is 0 Å². The average molecular weight is 321 g/mol. The molecule has 0 saturated heterocycles. The molecule has 1 amide bonds. The summed E-state index contributed by atoms with van der Waals surface area (Å²) in [4.78, 5) is 12.2. The third-order valence-corrected chi connectivity index (χ3v) is 5.00. The summed E-state index contributed by atoms with van der Waals surface area (Å²) in [5.74, 6) is -0.190. The monoisotopic (exact) mass is 321 g/mol. The number of furan rings is 1. The molecule has 0 bridgehead atoms. The number of rotatable bonds is 3. The Morgan fingerprint density at radius 3 is 1.95 bits per heavy atom. The minimum atomic E-state index is -3.94. The van der Waals surface area contributed by atoms with Crippen molar-refractivity contribution in [2.24, 2.45) is 0 Å². The Kier molecular flexibility index (Phi) is 4.15. The van der Waals surface area contributed by atoms with Gasteiger partial charge in [0.25, 0.3) is 10.0 Å². The number of benzene rings is 1. The Balaban J connectivity index is 2.36. The highest BCUT2D eigenvalue weighted by molar-refractivity contribution is 7.90. The molecule has 22 heavy (non-hydrogen) atoms. The molecule has 2 aromatic rings. The van der Waals surface area contributed by atoms with Gasteiger partial charge < -0.3 is 4.42 Å². The molecule has 2 rings (SSSR count). The molecule has 0 aliphatic rings. The largest absolute Gasteiger partial charge is 0.456 e. The van der Waals surface area contributed by atoms with Crippen molar-refractivity contribution in [1.82, 2.24) is 4.72 Å². The van der Waals surface area contributed by atoms with Crippen molar-refractivity contribution < 1.29 is 17.6 Å². The van der Waals surface area contributed by atoms with Gasteiger partial charge in [0.2, 0.25) is 0 Å². The molecule has 0 aliphatic heterocycles. The molecule has 5 nitrogen and oxygen atoms in total. The molecule has 1 aromatic carbocycles. The first-order chi connectivity index (χ1) is 10.1. The van der Waals surface area contributed by atoms with Crippen LogP contribution in [0.2, 0.25) is 0 Å². The van der Waals surface area contributed by atoms with Gasteiger partial charge in [0.15, 0.2) is 5.76 Å². The van der Waals surface area contributed by atoms with Gasteiger partial charge in [-0.1, -0.05) is 0 Å². The zero-order valence-electron chi connectivity index (χ0n) is 13.3. The van der Waals surface area contributed by atoms with Crippen molar-refractivity contribution in [2.75, 3.05) is 0 Å². The second-order valence-electron chi connectivity index (χ2n) is 5.49. The van der Waals surface area contributed by atoms with E-state index in [9.17, 15) is 13.2 Å². The zero-order valence-corrected chi connectivity index (χ0v) is 14.1. The fourth-order valence-electron chi connectivity index (χ4n) is 2.25. The number of nitrogens with one attached hydrogen (secondary N) is 1. The van der Waals surface area contributed by atoms with Crippen molar-refractivity contribution in [3.8, 4) is 0 Å². The first-order valence-electron chi connectivity index (χ1n) is 6.84. The van der Waals surface area contributed by atoms with Gasteiger partial charge in [-0.25, -0.2) is 13.1 Å². The maximum Gasteiger partial charge on any atom is 0.300 e. The van der Waals surface area contributed by atoms with E-state index in [2.05, 4.69) is 4.72 Å². The molecule has 0 fully saturated rings. The van der Waals surface area contributed by atoms with Crippen LogP contribution in [0.5, 0.6) is 0 Å². The second kappa shape index (κ2) is 5.61. The summed E-state index contributed by atoms with van der Waals surface area (Å²) in [5, 5.41) is 0. The lowest BCUT2D eigenvalue weighted by molar-refractivity contribution is 0.0952. The van der Waals surface area contributed by atoms with E-state index in [-0.39, 0.29) is 10.7 Å². The fraction of sp³-hybridized carbons (Fsp3) is 0.312. The molecular weight excluding hydrogens is 302 g/mol. The van der Waals surface area contributed by atoms with E-state index in [1.165, 1.54) is 0 Å². The summed E-state index contributed by atoms with van der Waals surface area (Å²) in [6.07, 6.45) is 0. The van der Waals surface area contributed by atoms with Gasteiger partial charge in [-0.2, -0.15) is 0 Å².